The SMILES string of the molecule is CCOOCCCCC[Si](OC)(OC)O[Si](C)(C)CCC[Si](OC)(OC)OC. The Labute approximate surface area is 174 Å². The molecule has 170 valence electrons. The summed E-state index contributed by atoms with van der Waals surface area (Å²) in [5.74, 6) is 0. The topological polar surface area (TPSA) is 73.8 Å². The van der Waals surface area contributed by atoms with Gasteiger partial charge in [0.15, 0.2) is 8.32 Å². The van der Waals surface area contributed by atoms with Crippen LogP contribution < -0.4 is 0 Å². The number of unbranched alkanes of at least 4 members (excludes halogenated alkanes) is 2. The molecule has 0 saturated heterocycles. The zero-order chi connectivity index (χ0) is 21.5. The van der Waals surface area contributed by atoms with Gasteiger partial charge in [-0.1, -0.05) is 6.42 Å². The fourth-order valence-corrected chi connectivity index (χ4v) is 12.2. The Balaban J connectivity index is 4.52. The highest BCUT2D eigenvalue weighted by molar-refractivity contribution is 6.80. The normalized spacial score (nSPS) is 13.3. The molecule has 0 aromatic heterocycles. The molecule has 0 rings (SSSR count). The van der Waals surface area contributed by atoms with Crippen LogP contribution in [0.3, 0.4) is 0 Å². The molecule has 8 nitrogen and oxygen atoms in total. The van der Waals surface area contributed by atoms with E-state index in [1.807, 2.05) is 6.92 Å². The second kappa shape index (κ2) is 15.2. The van der Waals surface area contributed by atoms with Crippen LogP contribution in [0.25, 0.3) is 0 Å². The van der Waals surface area contributed by atoms with Crippen molar-refractivity contribution in [1.82, 2.24) is 0 Å². The molecule has 0 aromatic carbocycles. The molecule has 28 heavy (non-hydrogen) atoms. The van der Waals surface area contributed by atoms with Gasteiger partial charge in [0.05, 0.1) is 13.2 Å². The van der Waals surface area contributed by atoms with Gasteiger partial charge in [-0.05, 0) is 45.3 Å². The lowest BCUT2D eigenvalue weighted by molar-refractivity contribution is -0.291. The molecule has 0 aromatic rings. The molecule has 0 fully saturated rings. The van der Waals surface area contributed by atoms with Gasteiger partial charge in [-0.2, -0.15) is 0 Å². The molecule has 0 bridgehead atoms. The van der Waals surface area contributed by atoms with E-state index in [2.05, 4.69) is 13.1 Å². The molecule has 11 heteroatoms. The third kappa shape index (κ3) is 10.9. The van der Waals surface area contributed by atoms with Crippen LogP contribution in [0.1, 0.15) is 32.6 Å². The minimum Gasteiger partial charge on any atom is -0.416 e. The average Bonchev–Trinajstić information content (AvgIpc) is 2.70. The van der Waals surface area contributed by atoms with E-state index in [0.717, 1.165) is 43.8 Å². The lowest BCUT2D eigenvalue weighted by Crippen LogP contribution is -2.52. The van der Waals surface area contributed by atoms with E-state index in [4.69, 9.17) is 36.0 Å². The third-order valence-electron chi connectivity index (χ3n) is 4.66. The summed E-state index contributed by atoms with van der Waals surface area (Å²) in [6.45, 7) is 7.49. The zero-order valence-electron chi connectivity index (χ0n) is 19.1. The Kier molecular flexibility index (Phi) is 15.4. The summed E-state index contributed by atoms with van der Waals surface area (Å²) in [6.07, 6.45) is 3.86. The standard InChI is InChI=1S/C17H42O8Si3/c1-9-23-24-14-11-10-12-16-28(21-5,22-6)25-26(7,8)15-13-17-27(18-2,19-3)20-4/h9-17H2,1-8H3. The Hall–Kier alpha value is 0.331. The first-order chi connectivity index (χ1) is 13.3. The first kappa shape index (κ1) is 28.3. The van der Waals surface area contributed by atoms with Gasteiger partial charge < -0.3 is 26.2 Å². The van der Waals surface area contributed by atoms with Gasteiger partial charge in [0.2, 0.25) is 0 Å². The maximum atomic E-state index is 6.56. The third-order valence-corrected chi connectivity index (χ3v) is 14.7. The lowest BCUT2D eigenvalue weighted by atomic mass is 10.3. The lowest BCUT2D eigenvalue weighted by Gasteiger charge is -2.35. The van der Waals surface area contributed by atoms with Crippen molar-refractivity contribution < 1.29 is 36.0 Å². The minimum absolute atomic E-state index is 0.569. The first-order valence-electron chi connectivity index (χ1n) is 9.98. The van der Waals surface area contributed by atoms with E-state index in [0.29, 0.717) is 13.2 Å². The molecule has 0 radical (unpaired) electrons. The van der Waals surface area contributed by atoms with Crippen molar-refractivity contribution in [2.45, 2.75) is 63.8 Å². The van der Waals surface area contributed by atoms with Crippen LogP contribution in [0.15, 0.2) is 0 Å². The van der Waals surface area contributed by atoms with Crippen molar-refractivity contribution in [2.75, 3.05) is 48.8 Å². The maximum absolute atomic E-state index is 6.56. The van der Waals surface area contributed by atoms with Crippen LogP contribution in [0.5, 0.6) is 0 Å². The minimum atomic E-state index is -2.67. The summed E-state index contributed by atoms with van der Waals surface area (Å²) in [5.41, 5.74) is 0. The van der Waals surface area contributed by atoms with Crippen LogP contribution in [0.2, 0.25) is 31.2 Å². The molecular formula is C17H42O8Si3. The Bertz CT molecular complexity index is 371. The van der Waals surface area contributed by atoms with E-state index in [9.17, 15) is 0 Å². The van der Waals surface area contributed by atoms with Gasteiger partial charge in [-0.15, -0.1) is 0 Å². The summed E-state index contributed by atoms with van der Waals surface area (Å²) in [7, 11) is 1.13. The monoisotopic (exact) mass is 458 g/mol. The summed E-state index contributed by atoms with van der Waals surface area (Å²) >= 11 is 0. The molecular weight excluding hydrogens is 416 g/mol. The van der Waals surface area contributed by atoms with E-state index in [-0.39, 0.29) is 0 Å². The number of rotatable bonds is 19. The molecule has 0 N–H and O–H groups in total. The predicted molar refractivity (Wildman–Crippen MR) is 116 cm³/mol. The quantitative estimate of drug-likeness (QED) is 0.125. The van der Waals surface area contributed by atoms with Crippen molar-refractivity contribution in [3.63, 3.8) is 0 Å². The number of hydrogen-bond acceptors (Lipinski definition) is 8. The second-order valence-electron chi connectivity index (χ2n) is 7.14. The summed E-state index contributed by atoms with van der Waals surface area (Å²) in [5, 5.41) is 0. The Morgan fingerprint density at radius 2 is 1.11 bits per heavy atom. The number of hydrogen-bond donors (Lipinski definition) is 0. The summed E-state index contributed by atoms with van der Waals surface area (Å²) in [4.78, 5) is 9.94. The smallest absolute Gasteiger partial charge is 0.416 e. The van der Waals surface area contributed by atoms with Crippen molar-refractivity contribution in [3.05, 3.63) is 0 Å². The zero-order valence-corrected chi connectivity index (χ0v) is 22.1. The molecule has 0 aliphatic carbocycles. The van der Waals surface area contributed by atoms with Gasteiger partial charge in [0, 0.05) is 47.6 Å². The maximum Gasteiger partial charge on any atom is 0.500 e. The Morgan fingerprint density at radius 3 is 1.61 bits per heavy atom. The molecule has 0 amide bonds. The molecule has 0 atom stereocenters. The van der Waals surface area contributed by atoms with Gasteiger partial charge in [0.25, 0.3) is 0 Å². The van der Waals surface area contributed by atoms with Crippen molar-refractivity contribution in [1.29, 1.82) is 0 Å². The largest absolute Gasteiger partial charge is 0.500 e. The molecule has 0 unspecified atom stereocenters. The fourth-order valence-electron chi connectivity index (χ4n) is 3.00. The molecule has 0 saturated carbocycles. The highest BCUT2D eigenvalue weighted by Gasteiger charge is 2.45. The van der Waals surface area contributed by atoms with Crippen LogP contribution in [-0.4, -0.2) is 74.7 Å². The van der Waals surface area contributed by atoms with Crippen LogP contribution in [-0.2, 0) is 36.0 Å². The first-order valence-corrected chi connectivity index (χ1v) is 17.0. The van der Waals surface area contributed by atoms with E-state index in [1.54, 1.807) is 35.5 Å². The van der Waals surface area contributed by atoms with Crippen molar-refractivity contribution in [3.8, 4) is 0 Å². The van der Waals surface area contributed by atoms with Crippen LogP contribution in [0, 0.1) is 0 Å². The Morgan fingerprint density at radius 1 is 0.571 bits per heavy atom. The van der Waals surface area contributed by atoms with Crippen LogP contribution >= 0.6 is 0 Å². The van der Waals surface area contributed by atoms with Gasteiger partial charge in [-0.3, -0.25) is 0 Å². The van der Waals surface area contributed by atoms with E-state index < -0.39 is 25.9 Å². The van der Waals surface area contributed by atoms with E-state index in [1.165, 1.54) is 0 Å². The molecule has 0 heterocycles. The highest BCUT2D eigenvalue weighted by atomic mass is 28.5. The molecule has 0 spiro atoms. The average molecular weight is 459 g/mol. The van der Waals surface area contributed by atoms with E-state index >= 15 is 0 Å². The molecule has 0 aliphatic rings. The second-order valence-corrected chi connectivity index (χ2v) is 17.8. The summed E-state index contributed by atoms with van der Waals surface area (Å²) in [6, 6.07) is 2.53. The van der Waals surface area contributed by atoms with Gasteiger partial charge >= 0.3 is 17.6 Å². The van der Waals surface area contributed by atoms with Crippen molar-refractivity contribution >= 4 is 25.9 Å². The van der Waals surface area contributed by atoms with Crippen LogP contribution in [0.4, 0.5) is 0 Å². The highest BCUT2D eigenvalue weighted by Crippen LogP contribution is 2.28. The van der Waals surface area contributed by atoms with Gasteiger partial charge in [0.1, 0.15) is 0 Å². The predicted octanol–water partition coefficient (Wildman–Crippen LogP) is 3.85. The fraction of sp³-hybridized carbons (Fsp3) is 1.00. The summed E-state index contributed by atoms with van der Waals surface area (Å²) < 4.78 is 34.6. The van der Waals surface area contributed by atoms with Crippen molar-refractivity contribution in [2.24, 2.45) is 0 Å². The molecule has 0 aliphatic heterocycles. The van der Waals surface area contributed by atoms with Gasteiger partial charge in [-0.25, -0.2) is 9.78 Å².